The van der Waals surface area contributed by atoms with E-state index in [0.717, 1.165) is 13.0 Å². The highest BCUT2D eigenvalue weighted by atomic mass is 16.6. The lowest BCUT2D eigenvalue weighted by Gasteiger charge is -2.71. The molecule has 180 valence electrons. The van der Waals surface area contributed by atoms with Crippen LogP contribution in [0, 0.1) is 39.9 Å². The SMILES string of the molecule is CC(C)C1=C2C3(N)CCC4C(C)(CCC5(N)C(C)CCCC45C)C3CCC2(C2CO2)CC1. The van der Waals surface area contributed by atoms with E-state index in [1.807, 2.05) is 0 Å². The van der Waals surface area contributed by atoms with Gasteiger partial charge in [-0.1, -0.05) is 46.6 Å². The summed E-state index contributed by atoms with van der Waals surface area (Å²) in [5, 5.41) is 0. The van der Waals surface area contributed by atoms with Crippen molar-refractivity contribution < 1.29 is 4.74 Å². The molecule has 5 fully saturated rings. The first kappa shape index (κ1) is 22.1. The third-order valence-corrected chi connectivity index (χ3v) is 12.8. The maximum Gasteiger partial charge on any atom is 0.0903 e. The Morgan fingerprint density at radius 3 is 2.31 bits per heavy atom. The number of fused-ring (bicyclic) bond motifs is 7. The molecule has 3 nitrogen and oxygen atoms in total. The molecule has 0 aromatic heterocycles. The third-order valence-electron chi connectivity index (χ3n) is 12.8. The molecular formula is C29H48N2O. The Morgan fingerprint density at radius 1 is 0.906 bits per heavy atom. The minimum atomic E-state index is -0.128. The summed E-state index contributed by atoms with van der Waals surface area (Å²) in [6.45, 7) is 13.5. The van der Waals surface area contributed by atoms with Gasteiger partial charge < -0.3 is 16.2 Å². The molecule has 0 bridgehead atoms. The summed E-state index contributed by atoms with van der Waals surface area (Å²) in [5.74, 6) is 2.56. The summed E-state index contributed by atoms with van der Waals surface area (Å²) < 4.78 is 6.04. The molecule has 9 atom stereocenters. The zero-order valence-electron chi connectivity index (χ0n) is 21.4. The van der Waals surface area contributed by atoms with Gasteiger partial charge in [-0.15, -0.1) is 0 Å². The number of ether oxygens (including phenoxy) is 1. The first-order chi connectivity index (χ1) is 15.0. The van der Waals surface area contributed by atoms with Crippen LogP contribution in [-0.4, -0.2) is 23.8 Å². The van der Waals surface area contributed by atoms with E-state index >= 15 is 0 Å². The molecule has 0 aromatic rings. The van der Waals surface area contributed by atoms with Crippen LogP contribution in [0.1, 0.15) is 105 Å². The highest BCUT2D eigenvalue weighted by molar-refractivity contribution is 5.44. The van der Waals surface area contributed by atoms with Crippen molar-refractivity contribution in [2.24, 2.45) is 51.4 Å². The summed E-state index contributed by atoms with van der Waals surface area (Å²) in [5.41, 5.74) is 19.2. The van der Waals surface area contributed by atoms with E-state index in [4.69, 9.17) is 16.2 Å². The fourth-order valence-corrected chi connectivity index (χ4v) is 11.1. The van der Waals surface area contributed by atoms with Gasteiger partial charge in [0.15, 0.2) is 0 Å². The lowest BCUT2D eigenvalue weighted by atomic mass is 9.35. The standard InChI is InChI=1S/C29H48N2O/c1-18(2)20-8-12-27(23-17-32-23)13-9-22-25(4)15-16-29(31)19(3)7-6-11-26(29,5)21(25)10-14-28(22,30)24(20)27/h18-19,21-23H,6-17,30-31H2,1-5H3. The molecule has 6 aliphatic rings. The number of rotatable bonds is 2. The van der Waals surface area contributed by atoms with E-state index in [1.165, 1.54) is 64.2 Å². The lowest BCUT2D eigenvalue weighted by Crippen LogP contribution is -2.74. The quantitative estimate of drug-likeness (QED) is 0.411. The van der Waals surface area contributed by atoms with Gasteiger partial charge in [0.25, 0.3) is 0 Å². The smallest absolute Gasteiger partial charge is 0.0903 e. The first-order valence-electron chi connectivity index (χ1n) is 14.0. The van der Waals surface area contributed by atoms with Gasteiger partial charge in [-0.3, -0.25) is 0 Å². The van der Waals surface area contributed by atoms with E-state index in [2.05, 4.69) is 34.6 Å². The molecule has 1 saturated heterocycles. The van der Waals surface area contributed by atoms with Crippen LogP contribution in [0.2, 0.25) is 0 Å². The minimum Gasteiger partial charge on any atom is -0.372 e. The van der Waals surface area contributed by atoms with Crippen LogP contribution in [0.5, 0.6) is 0 Å². The number of nitrogens with two attached hydrogens (primary N) is 2. The number of allylic oxidation sites excluding steroid dienone is 1. The fraction of sp³-hybridized carbons (Fsp3) is 0.931. The molecule has 4 saturated carbocycles. The second-order valence-corrected chi connectivity index (χ2v) is 14.0. The molecule has 4 N–H and O–H groups in total. The van der Waals surface area contributed by atoms with Gasteiger partial charge >= 0.3 is 0 Å². The van der Waals surface area contributed by atoms with Gasteiger partial charge in [-0.05, 0) is 104 Å². The van der Waals surface area contributed by atoms with Gasteiger partial charge in [0.1, 0.15) is 0 Å². The summed E-state index contributed by atoms with van der Waals surface area (Å²) in [6, 6.07) is 0. The van der Waals surface area contributed by atoms with Gasteiger partial charge in [0, 0.05) is 16.5 Å². The summed E-state index contributed by atoms with van der Waals surface area (Å²) in [4.78, 5) is 0. The van der Waals surface area contributed by atoms with Crippen molar-refractivity contribution in [2.75, 3.05) is 6.61 Å². The van der Waals surface area contributed by atoms with Crippen molar-refractivity contribution in [3.63, 3.8) is 0 Å². The summed E-state index contributed by atoms with van der Waals surface area (Å²) in [7, 11) is 0. The van der Waals surface area contributed by atoms with E-state index in [9.17, 15) is 0 Å². The van der Waals surface area contributed by atoms with Gasteiger partial charge in [-0.2, -0.15) is 0 Å². The Balaban J connectivity index is 1.45. The van der Waals surface area contributed by atoms with E-state index < -0.39 is 0 Å². The zero-order valence-corrected chi connectivity index (χ0v) is 21.4. The average molecular weight is 441 g/mol. The van der Waals surface area contributed by atoms with Gasteiger partial charge in [-0.25, -0.2) is 0 Å². The monoisotopic (exact) mass is 440 g/mol. The molecule has 6 rings (SSSR count). The second-order valence-electron chi connectivity index (χ2n) is 14.0. The third kappa shape index (κ3) is 2.44. The topological polar surface area (TPSA) is 64.6 Å². The Morgan fingerprint density at radius 2 is 1.62 bits per heavy atom. The molecule has 5 aliphatic carbocycles. The Hall–Kier alpha value is -0.380. The maximum atomic E-state index is 7.75. The molecule has 0 amide bonds. The molecule has 0 radical (unpaired) electrons. The van der Waals surface area contributed by atoms with Crippen molar-refractivity contribution in [3.05, 3.63) is 11.1 Å². The molecule has 0 aromatic carbocycles. The molecule has 3 heteroatoms. The number of hydrogen-bond acceptors (Lipinski definition) is 3. The van der Waals surface area contributed by atoms with E-state index in [1.54, 1.807) is 11.1 Å². The zero-order chi connectivity index (χ0) is 22.7. The van der Waals surface area contributed by atoms with Crippen molar-refractivity contribution >= 4 is 0 Å². The van der Waals surface area contributed by atoms with Crippen LogP contribution in [0.3, 0.4) is 0 Å². The summed E-state index contributed by atoms with van der Waals surface area (Å²) in [6.07, 6.45) is 14.5. The number of epoxide rings is 1. The molecule has 32 heavy (non-hydrogen) atoms. The average Bonchev–Trinajstić information content (AvgIpc) is 3.50. The molecule has 1 aliphatic heterocycles. The molecule has 9 unspecified atom stereocenters. The fourth-order valence-electron chi connectivity index (χ4n) is 11.1. The van der Waals surface area contributed by atoms with E-state index in [-0.39, 0.29) is 21.9 Å². The van der Waals surface area contributed by atoms with Crippen LogP contribution in [-0.2, 0) is 4.74 Å². The van der Waals surface area contributed by atoms with Crippen LogP contribution < -0.4 is 11.5 Å². The van der Waals surface area contributed by atoms with E-state index in [0.29, 0.717) is 35.2 Å². The van der Waals surface area contributed by atoms with Crippen molar-refractivity contribution in [2.45, 2.75) is 122 Å². The van der Waals surface area contributed by atoms with Crippen molar-refractivity contribution in [1.82, 2.24) is 0 Å². The number of hydrogen-bond donors (Lipinski definition) is 2. The van der Waals surface area contributed by atoms with Crippen LogP contribution >= 0.6 is 0 Å². The molecule has 1 heterocycles. The van der Waals surface area contributed by atoms with Gasteiger partial charge in [0.05, 0.1) is 12.7 Å². The molecule has 0 spiro atoms. The highest BCUT2D eigenvalue weighted by Crippen LogP contribution is 2.73. The Kier molecular flexibility index (Phi) is 4.59. The van der Waals surface area contributed by atoms with Crippen molar-refractivity contribution in [1.29, 1.82) is 0 Å². The predicted octanol–water partition coefficient (Wildman–Crippen LogP) is 5.96. The first-order valence-corrected chi connectivity index (χ1v) is 14.0. The Labute approximate surface area is 196 Å². The van der Waals surface area contributed by atoms with Gasteiger partial charge in [0.2, 0.25) is 0 Å². The predicted molar refractivity (Wildman–Crippen MR) is 131 cm³/mol. The highest BCUT2D eigenvalue weighted by Gasteiger charge is 2.71. The minimum absolute atomic E-state index is 0.0139. The normalized spacial score (nSPS) is 57.0. The van der Waals surface area contributed by atoms with Crippen LogP contribution in [0.25, 0.3) is 0 Å². The Bertz CT molecular complexity index is 846. The summed E-state index contributed by atoms with van der Waals surface area (Å²) >= 11 is 0. The molecular weight excluding hydrogens is 392 g/mol. The lowest BCUT2D eigenvalue weighted by molar-refractivity contribution is -0.177. The van der Waals surface area contributed by atoms with Crippen molar-refractivity contribution in [3.8, 4) is 0 Å². The maximum absolute atomic E-state index is 7.75. The van der Waals surface area contributed by atoms with Crippen LogP contribution in [0.15, 0.2) is 11.1 Å². The second kappa shape index (κ2) is 6.64. The largest absolute Gasteiger partial charge is 0.372 e. The van der Waals surface area contributed by atoms with Crippen LogP contribution in [0.4, 0.5) is 0 Å².